The fraction of sp³-hybridized carbons (Fsp3) is 0.716. The number of hydrogen-bond donors (Lipinski definition) is 0. The molecule has 0 saturated carbocycles. The van der Waals surface area contributed by atoms with E-state index in [-0.39, 0.29) is 31.1 Å². The summed E-state index contributed by atoms with van der Waals surface area (Å²) in [6.07, 6.45) is 81.2. The summed E-state index contributed by atoms with van der Waals surface area (Å²) in [6, 6.07) is 0. The second kappa shape index (κ2) is 60.9. The molecule has 0 amide bonds. The van der Waals surface area contributed by atoms with Crippen LogP contribution in [0.5, 0.6) is 0 Å². The first-order chi connectivity index (χ1) is 36.0. The fourth-order valence-electron chi connectivity index (χ4n) is 8.48. The summed E-state index contributed by atoms with van der Waals surface area (Å²) in [6.45, 7) is 6.50. The molecule has 0 aromatic heterocycles. The van der Waals surface area contributed by atoms with Gasteiger partial charge in [0.15, 0.2) is 6.10 Å². The molecule has 0 fully saturated rings. The van der Waals surface area contributed by atoms with Crippen molar-refractivity contribution in [1.29, 1.82) is 0 Å². The van der Waals surface area contributed by atoms with E-state index < -0.39 is 6.10 Å². The molecule has 6 nitrogen and oxygen atoms in total. The highest BCUT2D eigenvalue weighted by Crippen LogP contribution is 2.16. The van der Waals surface area contributed by atoms with Gasteiger partial charge in [0.2, 0.25) is 0 Å². The van der Waals surface area contributed by atoms with E-state index in [1.807, 2.05) is 0 Å². The second-order valence-electron chi connectivity index (χ2n) is 20.2. The van der Waals surface area contributed by atoms with E-state index in [1.54, 1.807) is 0 Å². The van der Waals surface area contributed by atoms with Gasteiger partial charge in [0, 0.05) is 19.3 Å². The van der Waals surface area contributed by atoms with Crippen molar-refractivity contribution in [2.45, 2.75) is 297 Å². The molecule has 73 heavy (non-hydrogen) atoms. The topological polar surface area (TPSA) is 78.9 Å². The van der Waals surface area contributed by atoms with Crippen LogP contribution in [0.1, 0.15) is 290 Å². The van der Waals surface area contributed by atoms with E-state index in [1.165, 1.54) is 135 Å². The van der Waals surface area contributed by atoms with Crippen LogP contribution in [-0.4, -0.2) is 37.2 Å². The zero-order chi connectivity index (χ0) is 52.9. The van der Waals surface area contributed by atoms with Crippen LogP contribution in [0.15, 0.2) is 97.2 Å². The Hall–Kier alpha value is -3.67. The van der Waals surface area contributed by atoms with E-state index in [9.17, 15) is 14.4 Å². The van der Waals surface area contributed by atoms with Crippen molar-refractivity contribution in [3.8, 4) is 0 Å². The van der Waals surface area contributed by atoms with Crippen LogP contribution in [0, 0.1) is 0 Å². The molecule has 0 aliphatic heterocycles. The fourth-order valence-corrected chi connectivity index (χ4v) is 8.48. The first-order valence-corrected chi connectivity index (χ1v) is 30.7. The minimum Gasteiger partial charge on any atom is -0.462 e. The Morgan fingerprint density at radius 1 is 0.288 bits per heavy atom. The first kappa shape index (κ1) is 69.3. The predicted octanol–water partition coefficient (Wildman–Crippen LogP) is 20.9. The summed E-state index contributed by atoms with van der Waals surface area (Å²) in [5, 5.41) is 0. The van der Waals surface area contributed by atoms with Crippen molar-refractivity contribution in [2.75, 3.05) is 13.2 Å². The molecule has 0 heterocycles. The van der Waals surface area contributed by atoms with Gasteiger partial charge in [-0.25, -0.2) is 0 Å². The van der Waals surface area contributed by atoms with Crippen molar-refractivity contribution in [3.63, 3.8) is 0 Å². The third kappa shape index (κ3) is 59.1. The minimum atomic E-state index is -0.784. The molecule has 6 heteroatoms. The largest absolute Gasteiger partial charge is 0.462 e. The molecule has 0 bridgehead atoms. The highest BCUT2D eigenvalue weighted by Gasteiger charge is 2.19. The van der Waals surface area contributed by atoms with E-state index >= 15 is 0 Å². The molecule has 1 unspecified atom stereocenters. The zero-order valence-corrected chi connectivity index (χ0v) is 47.9. The number of ether oxygens (including phenoxy) is 3. The monoisotopic (exact) mass is 1010 g/mol. The van der Waals surface area contributed by atoms with E-state index in [2.05, 4.69) is 118 Å². The zero-order valence-electron chi connectivity index (χ0n) is 47.9. The maximum absolute atomic E-state index is 12.9. The van der Waals surface area contributed by atoms with Gasteiger partial charge < -0.3 is 14.2 Å². The number of esters is 3. The standard InChI is InChI=1S/C67H114O6/c1-4-7-10-13-16-19-22-25-27-28-29-30-31-32-33-34-35-36-37-38-39-40-41-43-45-48-51-54-57-60-66(69)72-63-64(62-71-65(68)59-56-53-50-47-44-24-21-18-15-12-9-6-3)73-67(70)61-58-55-52-49-46-42-26-23-20-17-14-11-8-5-2/h7,10,16,18-19,21,25,27,29-30,32-33,35-36,38-39,64H,4-6,8-9,11-15,17,20,22-24,26,28,31,34,37,40-63H2,1-3H3/b10-7-,19-16-,21-18-,27-25-,30-29-,33-32-,36-35-,39-38-. The Morgan fingerprint density at radius 3 is 0.877 bits per heavy atom. The Bertz CT molecular complexity index is 1440. The van der Waals surface area contributed by atoms with Crippen LogP contribution in [-0.2, 0) is 28.6 Å². The summed E-state index contributed by atoms with van der Waals surface area (Å²) in [7, 11) is 0. The van der Waals surface area contributed by atoms with E-state index in [4.69, 9.17) is 14.2 Å². The third-order valence-electron chi connectivity index (χ3n) is 13.1. The molecule has 418 valence electrons. The SMILES string of the molecule is CC/C=C\C/C=C\C/C=C\C/C=C\C/C=C\C/C=C\C/C=C\CCCCCCCCCC(=O)OCC(COC(=O)CCCCCCC/C=C\CCCCC)OC(=O)CCCCCCCCCCCCCCCC. The van der Waals surface area contributed by atoms with Crippen molar-refractivity contribution in [3.05, 3.63) is 97.2 Å². The lowest BCUT2D eigenvalue weighted by molar-refractivity contribution is -0.167. The molecule has 0 aliphatic carbocycles. The van der Waals surface area contributed by atoms with Crippen LogP contribution >= 0.6 is 0 Å². The lowest BCUT2D eigenvalue weighted by Gasteiger charge is -2.18. The highest BCUT2D eigenvalue weighted by atomic mass is 16.6. The Kier molecular flexibility index (Phi) is 57.8. The second-order valence-corrected chi connectivity index (χ2v) is 20.2. The molecule has 0 spiro atoms. The summed E-state index contributed by atoms with van der Waals surface area (Å²) in [5.74, 6) is -0.895. The molecule has 1 atom stereocenters. The Balaban J connectivity index is 4.28. The predicted molar refractivity (Wildman–Crippen MR) is 316 cm³/mol. The quantitative estimate of drug-likeness (QED) is 0.0261. The first-order valence-electron chi connectivity index (χ1n) is 30.7. The lowest BCUT2D eigenvalue weighted by atomic mass is 10.0. The number of carbonyl (C=O) groups excluding carboxylic acids is 3. The third-order valence-corrected chi connectivity index (χ3v) is 13.1. The van der Waals surface area contributed by atoms with Crippen LogP contribution < -0.4 is 0 Å². The van der Waals surface area contributed by atoms with Gasteiger partial charge in [0.25, 0.3) is 0 Å². The average Bonchev–Trinajstić information content (AvgIpc) is 3.39. The van der Waals surface area contributed by atoms with Crippen LogP contribution in [0.25, 0.3) is 0 Å². The van der Waals surface area contributed by atoms with Gasteiger partial charge in [0.05, 0.1) is 0 Å². The summed E-state index contributed by atoms with van der Waals surface area (Å²) >= 11 is 0. The van der Waals surface area contributed by atoms with Gasteiger partial charge in [-0.3, -0.25) is 14.4 Å². The molecule has 0 radical (unpaired) electrons. The van der Waals surface area contributed by atoms with Crippen molar-refractivity contribution >= 4 is 17.9 Å². The van der Waals surface area contributed by atoms with Crippen LogP contribution in [0.4, 0.5) is 0 Å². The minimum absolute atomic E-state index is 0.0829. The number of allylic oxidation sites excluding steroid dienone is 16. The van der Waals surface area contributed by atoms with Gasteiger partial charge in [-0.1, -0.05) is 266 Å². The van der Waals surface area contributed by atoms with Crippen LogP contribution in [0.2, 0.25) is 0 Å². The highest BCUT2D eigenvalue weighted by molar-refractivity contribution is 5.71. The summed E-state index contributed by atoms with van der Waals surface area (Å²) in [5.41, 5.74) is 0. The molecule has 0 N–H and O–H groups in total. The van der Waals surface area contributed by atoms with Gasteiger partial charge in [-0.2, -0.15) is 0 Å². The summed E-state index contributed by atoms with van der Waals surface area (Å²) < 4.78 is 16.9. The van der Waals surface area contributed by atoms with Crippen LogP contribution in [0.3, 0.4) is 0 Å². The molecule has 0 saturated heterocycles. The Labute approximate surface area is 451 Å². The van der Waals surface area contributed by atoms with Gasteiger partial charge in [-0.15, -0.1) is 0 Å². The van der Waals surface area contributed by atoms with E-state index in [0.717, 1.165) is 116 Å². The molecule has 0 aliphatic rings. The molecular weight excluding hydrogens is 901 g/mol. The number of hydrogen-bond acceptors (Lipinski definition) is 6. The van der Waals surface area contributed by atoms with Crippen molar-refractivity contribution < 1.29 is 28.6 Å². The van der Waals surface area contributed by atoms with Gasteiger partial charge >= 0.3 is 17.9 Å². The maximum atomic E-state index is 12.9. The van der Waals surface area contributed by atoms with E-state index in [0.29, 0.717) is 19.3 Å². The van der Waals surface area contributed by atoms with Gasteiger partial charge in [-0.05, 0) is 103 Å². The van der Waals surface area contributed by atoms with Crippen molar-refractivity contribution in [2.24, 2.45) is 0 Å². The smallest absolute Gasteiger partial charge is 0.306 e. The molecule has 0 aromatic rings. The maximum Gasteiger partial charge on any atom is 0.306 e. The van der Waals surface area contributed by atoms with Gasteiger partial charge in [0.1, 0.15) is 13.2 Å². The number of unbranched alkanes of at least 4 members (excludes halogenated alkanes) is 28. The molecule has 0 rings (SSSR count). The lowest BCUT2D eigenvalue weighted by Crippen LogP contribution is -2.30. The average molecular weight is 1020 g/mol. The number of rotatable bonds is 55. The van der Waals surface area contributed by atoms with Crippen molar-refractivity contribution in [1.82, 2.24) is 0 Å². The normalized spacial score (nSPS) is 12.8. The number of carbonyl (C=O) groups is 3. The molecular formula is C67H114O6. The summed E-state index contributed by atoms with van der Waals surface area (Å²) in [4.78, 5) is 38.2. The Morgan fingerprint density at radius 2 is 0.534 bits per heavy atom. The molecule has 0 aromatic carbocycles.